The first-order valence-electron chi connectivity index (χ1n) is 23.4. The maximum absolute atomic E-state index is 12.4. The van der Waals surface area contributed by atoms with Crippen LogP contribution in [0.5, 0.6) is 0 Å². The summed E-state index contributed by atoms with van der Waals surface area (Å²) in [6, 6.07) is 0. The molecular weight excluding hydrogens is 824 g/mol. The molecular formula is C46H74O17. The van der Waals surface area contributed by atoms with E-state index in [1.54, 1.807) is 0 Å². The number of hydrogen-bond donors (Lipinski definition) is 9. The molecule has 2 spiro atoms. The van der Waals surface area contributed by atoms with E-state index in [1.165, 1.54) is 0 Å². The Balaban J connectivity index is 0.970. The zero-order valence-electron chi connectivity index (χ0n) is 37.8. The third-order valence-corrected chi connectivity index (χ3v) is 18.7. The molecule has 2 bridgehead atoms. The molecule has 9 aliphatic rings. The van der Waals surface area contributed by atoms with Crippen LogP contribution in [0.3, 0.4) is 0 Å². The lowest BCUT2D eigenvalue weighted by Crippen LogP contribution is -2.68. The molecule has 0 aromatic carbocycles. The topological polar surface area (TPSA) is 256 Å². The Morgan fingerprint density at radius 1 is 0.683 bits per heavy atom. The standard InChI is InChI=1S/C46H74O17/c1-21(2)14-22-17-57-46-19-45(20-58-46)23(37(46)44(22,7)55)8-9-28-42(5)12-11-29(41(3,4)27(42)10-13-43(28,45)6)61-40-36(63-38-33(53)31(51)26(16-48)60-38)35(24(49)18-56-40)62-39-34(54)32(52)30(50)25(15-47)59-39/h14,22-40,47-55H,8-13,15-20H2,1-7H3/t22-,23-,24+,25-,26+,27+,28-,29+,30-,31+,32+,33-,34-,35+,36-,37+,38+,39+,40+,42+,43-,44-,45+,46-/m1/s1. The summed E-state index contributed by atoms with van der Waals surface area (Å²) in [4.78, 5) is 0. The van der Waals surface area contributed by atoms with Gasteiger partial charge in [0, 0.05) is 23.7 Å². The fraction of sp³-hybridized carbons (Fsp3) is 0.957. The molecule has 9 fully saturated rings. The van der Waals surface area contributed by atoms with Crippen LogP contribution in [0.4, 0.5) is 0 Å². The molecule has 0 amide bonds. The summed E-state index contributed by atoms with van der Waals surface area (Å²) in [6.45, 7) is 15.1. The molecule has 4 aliphatic carbocycles. The Morgan fingerprint density at radius 3 is 1.97 bits per heavy atom. The molecule has 360 valence electrons. The molecule has 5 saturated heterocycles. The number of allylic oxidation sites excluding steroid dienone is 1. The number of aliphatic hydroxyl groups excluding tert-OH is 8. The summed E-state index contributed by atoms with van der Waals surface area (Å²) in [5, 5.41) is 96.9. The molecule has 9 rings (SSSR count). The van der Waals surface area contributed by atoms with E-state index in [2.05, 4.69) is 47.6 Å². The lowest BCUT2D eigenvalue weighted by atomic mass is 9.35. The van der Waals surface area contributed by atoms with Crippen molar-refractivity contribution in [1.29, 1.82) is 0 Å². The van der Waals surface area contributed by atoms with E-state index >= 15 is 0 Å². The van der Waals surface area contributed by atoms with Crippen molar-refractivity contribution in [2.45, 2.75) is 191 Å². The van der Waals surface area contributed by atoms with Crippen molar-refractivity contribution in [1.82, 2.24) is 0 Å². The van der Waals surface area contributed by atoms with Crippen LogP contribution in [0.25, 0.3) is 0 Å². The van der Waals surface area contributed by atoms with E-state index < -0.39 is 110 Å². The molecule has 17 heteroatoms. The van der Waals surface area contributed by atoms with Crippen LogP contribution < -0.4 is 0 Å². The predicted molar refractivity (Wildman–Crippen MR) is 219 cm³/mol. The monoisotopic (exact) mass is 898 g/mol. The van der Waals surface area contributed by atoms with Crippen molar-refractivity contribution in [2.75, 3.05) is 33.0 Å². The van der Waals surface area contributed by atoms with Gasteiger partial charge in [-0.2, -0.15) is 0 Å². The average Bonchev–Trinajstić information content (AvgIpc) is 3.85. The zero-order chi connectivity index (χ0) is 45.4. The fourth-order valence-electron chi connectivity index (χ4n) is 15.5. The van der Waals surface area contributed by atoms with E-state index in [-0.39, 0.29) is 52.6 Å². The number of rotatable bonds is 9. The van der Waals surface area contributed by atoms with Crippen LogP contribution in [-0.4, -0.2) is 176 Å². The van der Waals surface area contributed by atoms with Crippen molar-refractivity contribution >= 4 is 0 Å². The summed E-state index contributed by atoms with van der Waals surface area (Å²) in [5.74, 6) is -0.140. The first-order chi connectivity index (χ1) is 29.6. The quantitative estimate of drug-likeness (QED) is 0.113. The van der Waals surface area contributed by atoms with Gasteiger partial charge in [-0.05, 0) is 93.3 Å². The molecule has 17 nitrogen and oxygen atoms in total. The zero-order valence-corrected chi connectivity index (χ0v) is 37.8. The highest BCUT2D eigenvalue weighted by Gasteiger charge is 2.81. The van der Waals surface area contributed by atoms with Gasteiger partial charge in [-0.3, -0.25) is 0 Å². The minimum Gasteiger partial charge on any atom is -0.394 e. The van der Waals surface area contributed by atoms with Crippen LogP contribution >= 0.6 is 0 Å². The van der Waals surface area contributed by atoms with Gasteiger partial charge in [-0.25, -0.2) is 0 Å². The van der Waals surface area contributed by atoms with Crippen LogP contribution in [0.2, 0.25) is 0 Å². The van der Waals surface area contributed by atoms with E-state index in [0.717, 1.165) is 44.1 Å². The van der Waals surface area contributed by atoms with Gasteiger partial charge < -0.3 is 83.9 Å². The highest BCUT2D eigenvalue weighted by Crippen LogP contribution is 2.80. The molecule has 63 heavy (non-hydrogen) atoms. The number of fused-ring (bicyclic) bond motifs is 4. The van der Waals surface area contributed by atoms with E-state index in [9.17, 15) is 46.0 Å². The molecule has 0 aromatic rings. The van der Waals surface area contributed by atoms with Crippen LogP contribution in [0, 0.1) is 51.2 Å². The van der Waals surface area contributed by atoms with Gasteiger partial charge >= 0.3 is 0 Å². The van der Waals surface area contributed by atoms with Crippen LogP contribution in [-0.2, 0) is 37.9 Å². The maximum atomic E-state index is 12.4. The maximum Gasteiger partial charge on any atom is 0.187 e. The molecule has 5 heterocycles. The first kappa shape index (κ1) is 47.1. The lowest BCUT2D eigenvalue weighted by Gasteiger charge is -2.70. The summed E-state index contributed by atoms with van der Waals surface area (Å²) >= 11 is 0. The van der Waals surface area contributed by atoms with Gasteiger partial charge in [0.2, 0.25) is 0 Å². The molecule has 9 N–H and O–H groups in total. The Labute approximate surface area is 369 Å². The van der Waals surface area contributed by atoms with Crippen molar-refractivity contribution in [3.8, 4) is 0 Å². The Morgan fingerprint density at radius 2 is 1.32 bits per heavy atom. The summed E-state index contributed by atoms with van der Waals surface area (Å²) in [7, 11) is 0. The smallest absolute Gasteiger partial charge is 0.187 e. The minimum absolute atomic E-state index is 0.0626. The largest absolute Gasteiger partial charge is 0.394 e. The Kier molecular flexibility index (Phi) is 12.2. The molecule has 4 saturated carbocycles. The van der Waals surface area contributed by atoms with Gasteiger partial charge in [0.1, 0.15) is 61.0 Å². The Hall–Kier alpha value is -0.940. The van der Waals surface area contributed by atoms with Gasteiger partial charge in [-0.1, -0.05) is 39.3 Å². The molecule has 0 radical (unpaired) electrons. The lowest BCUT2D eigenvalue weighted by molar-refractivity contribution is -0.375. The molecule has 5 aliphatic heterocycles. The predicted octanol–water partition coefficient (Wildman–Crippen LogP) is 0.463. The average molecular weight is 899 g/mol. The van der Waals surface area contributed by atoms with Gasteiger partial charge in [0.25, 0.3) is 0 Å². The van der Waals surface area contributed by atoms with E-state index in [0.29, 0.717) is 25.6 Å². The van der Waals surface area contributed by atoms with Crippen LogP contribution in [0.15, 0.2) is 11.6 Å². The third-order valence-electron chi connectivity index (χ3n) is 18.7. The summed E-state index contributed by atoms with van der Waals surface area (Å²) in [5.41, 5.74) is -0.487. The van der Waals surface area contributed by atoms with E-state index in [4.69, 9.17) is 37.9 Å². The normalized spacial score (nSPS) is 57.2. The van der Waals surface area contributed by atoms with Crippen molar-refractivity contribution in [3.63, 3.8) is 0 Å². The van der Waals surface area contributed by atoms with Gasteiger partial charge in [0.15, 0.2) is 24.7 Å². The second-order valence-corrected chi connectivity index (χ2v) is 22.4. The van der Waals surface area contributed by atoms with Crippen molar-refractivity contribution in [2.24, 2.45) is 51.2 Å². The summed E-state index contributed by atoms with van der Waals surface area (Å²) in [6.07, 6.45) is -11.3. The number of ether oxygens (including phenoxy) is 8. The number of aliphatic hydroxyl groups is 9. The highest BCUT2D eigenvalue weighted by atomic mass is 16.8. The molecule has 0 aromatic heterocycles. The first-order valence-corrected chi connectivity index (χ1v) is 23.4. The fourth-order valence-corrected chi connectivity index (χ4v) is 15.5. The highest BCUT2D eigenvalue weighted by molar-refractivity contribution is 5.27. The minimum atomic E-state index is -1.79. The van der Waals surface area contributed by atoms with Crippen LogP contribution in [0.1, 0.15) is 93.4 Å². The Bertz CT molecular complexity index is 1710. The van der Waals surface area contributed by atoms with Gasteiger partial charge in [0.05, 0.1) is 44.7 Å². The van der Waals surface area contributed by atoms with Crippen molar-refractivity contribution in [3.05, 3.63) is 11.6 Å². The van der Waals surface area contributed by atoms with E-state index in [1.807, 2.05) is 6.92 Å². The molecule has 24 atom stereocenters. The van der Waals surface area contributed by atoms with Gasteiger partial charge in [-0.15, -0.1) is 0 Å². The SMILES string of the molecule is CC(C)=C[C@@H]1CO[C@]23C[C@]4(CO2)[C@H](CC[C@@H]2[C@@]5(C)CC[C@H](O[C@@H]6OC[C@H](O)[C@H](O[C@@H]7O[C@H](CO)[C@@H](O)[C@H](O)[C@H]7O)[C@H]6O[C@@H]6O[C@@H](CO)[C@H](O)[C@H]6O)C(C)(C)[C@@H]5CC[C@]24C)[C@H]3[C@]1(C)O. The molecule has 0 unspecified atom stereocenters. The van der Waals surface area contributed by atoms with Crippen molar-refractivity contribution < 1.29 is 83.9 Å². The second kappa shape index (κ2) is 16.4. The third kappa shape index (κ3) is 6.95. The number of hydrogen-bond acceptors (Lipinski definition) is 17. The summed E-state index contributed by atoms with van der Waals surface area (Å²) < 4.78 is 50.5. The second-order valence-electron chi connectivity index (χ2n) is 22.4.